The average molecular weight is 254 g/mol. The molecule has 0 aliphatic heterocycles. The van der Waals surface area contributed by atoms with Gasteiger partial charge in [0.05, 0.1) is 6.61 Å². The molecule has 1 aromatic rings. The Balaban J connectivity index is 2.55. The number of ether oxygens (including phenoxy) is 1. The Bertz CT molecular complexity index is 408. The number of hydrogen-bond donors (Lipinski definition) is 2. The summed E-state index contributed by atoms with van der Waals surface area (Å²) in [5, 5.41) is 2.53. The molecule has 3 N–H and O–H groups in total. The highest BCUT2D eigenvalue weighted by molar-refractivity contribution is 5.75. The molecule has 1 atom stereocenters. The summed E-state index contributed by atoms with van der Waals surface area (Å²) in [4.78, 5) is 11.0. The van der Waals surface area contributed by atoms with Crippen LogP contribution in [-0.4, -0.2) is 19.6 Å². The standard InChI is InChI=1S/C13H19FN2O2/c1-9(15)11-6-5-10(14)8-12(11)18-7-3-4-13(17)16-2/h5-6,8-9H,3-4,7,15H2,1-2H3,(H,16,17). The number of halogens is 1. The van der Waals surface area contributed by atoms with Gasteiger partial charge in [-0.2, -0.15) is 0 Å². The van der Waals surface area contributed by atoms with E-state index in [-0.39, 0.29) is 17.8 Å². The van der Waals surface area contributed by atoms with E-state index < -0.39 is 0 Å². The molecule has 1 unspecified atom stereocenters. The summed E-state index contributed by atoms with van der Waals surface area (Å²) >= 11 is 0. The van der Waals surface area contributed by atoms with Crippen LogP contribution in [0.2, 0.25) is 0 Å². The third kappa shape index (κ3) is 4.33. The van der Waals surface area contributed by atoms with Crippen molar-refractivity contribution in [1.29, 1.82) is 0 Å². The lowest BCUT2D eigenvalue weighted by atomic mass is 10.1. The van der Waals surface area contributed by atoms with E-state index in [9.17, 15) is 9.18 Å². The van der Waals surface area contributed by atoms with Crippen molar-refractivity contribution in [2.45, 2.75) is 25.8 Å². The average Bonchev–Trinajstić information content (AvgIpc) is 2.34. The molecule has 0 spiro atoms. The zero-order valence-corrected chi connectivity index (χ0v) is 10.7. The van der Waals surface area contributed by atoms with E-state index in [2.05, 4.69) is 5.32 Å². The van der Waals surface area contributed by atoms with Gasteiger partial charge in [-0.3, -0.25) is 4.79 Å². The Morgan fingerprint density at radius 3 is 2.89 bits per heavy atom. The Hall–Kier alpha value is -1.62. The molecule has 0 aliphatic rings. The molecular formula is C13H19FN2O2. The minimum absolute atomic E-state index is 0.0368. The molecule has 100 valence electrons. The fourth-order valence-electron chi connectivity index (χ4n) is 1.55. The van der Waals surface area contributed by atoms with Gasteiger partial charge in [-0.15, -0.1) is 0 Å². The molecular weight excluding hydrogens is 235 g/mol. The lowest BCUT2D eigenvalue weighted by molar-refractivity contribution is -0.120. The summed E-state index contributed by atoms with van der Waals surface area (Å²) in [5.74, 6) is 0.0490. The minimum atomic E-state index is -0.360. The van der Waals surface area contributed by atoms with Gasteiger partial charge < -0.3 is 15.8 Å². The van der Waals surface area contributed by atoms with Crippen LogP contribution in [0.15, 0.2) is 18.2 Å². The lowest BCUT2D eigenvalue weighted by Crippen LogP contribution is -2.18. The molecule has 0 bridgehead atoms. The molecule has 4 nitrogen and oxygen atoms in total. The summed E-state index contributed by atoms with van der Waals surface area (Å²) in [7, 11) is 1.59. The first kappa shape index (κ1) is 14.4. The quantitative estimate of drug-likeness (QED) is 0.760. The van der Waals surface area contributed by atoms with Crippen molar-refractivity contribution in [2.24, 2.45) is 5.73 Å². The molecule has 0 radical (unpaired) electrons. The van der Waals surface area contributed by atoms with E-state index in [1.165, 1.54) is 12.1 Å². The fourth-order valence-corrected chi connectivity index (χ4v) is 1.55. The minimum Gasteiger partial charge on any atom is -0.493 e. The van der Waals surface area contributed by atoms with Crippen LogP contribution < -0.4 is 15.8 Å². The van der Waals surface area contributed by atoms with Crippen LogP contribution in [-0.2, 0) is 4.79 Å². The molecule has 0 aliphatic carbocycles. The van der Waals surface area contributed by atoms with Gasteiger partial charge in [0, 0.05) is 31.1 Å². The van der Waals surface area contributed by atoms with Crippen molar-refractivity contribution in [3.05, 3.63) is 29.6 Å². The van der Waals surface area contributed by atoms with E-state index in [1.54, 1.807) is 13.1 Å². The van der Waals surface area contributed by atoms with Gasteiger partial charge in [-0.05, 0) is 19.4 Å². The summed E-state index contributed by atoms with van der Waals surface area (Å²) in [6.45, 7) is 2.17. The number of amides is 1. The number of benzene rings is 1. The Morgan fingerprint density at radius 2 is 2.28 bits per heavy atom. The summed E-state index contributed by atoms with van der Waals surface area (Å²) in [6.07, 6.45) is 0.966. The third-order valence-corrected chi connectivity index (χ3v) is 2.55. The first-order chi connectivity index (χ1) is 8.54. The molecule has 1 aromatic carbocycles. The number of hydrogen-bond acceptors (Lipinski definition) is 3. The zero-order chi connectivity index (χ0) is 13.5. The molecule has 0 fully saturated rings. The van der Waals surface area contributed by atoms with Gasteiger partial charge in [-0.1, -0.05) is 6.07 Å². The van der Waals surface area contributed by atoms with Crippen molar-refractivity contribution in [3.63, 3.8) is 0 Å². The van der Waals surface area contributed by atoms with Gasteiger partial charge in [0.25, 0.3) is 0 Å². The second-order valence-corrected chi connectivity index (χ2v) is 4.10. The van der Waals surface area contributed by atoms with Crippen LogP contribution in [0.4, 0.5) is 4.39 Å². The summed E-state index contributed by atoms with van der Waals surface area (Å²) in [6, 6.07) is 4.07. The normalized spacial score (nSPS) is 12.0. The van der Waals surface area contributed by atoms with Gasteiger partial charge in [0.15, 0.2) is 0 Å². The first-order valence-corrected chi connectivity index (χ1v) is 5.93. The van der Waals surface area contributed by atoms with Crippen LogP contribution in [0, 0.1) is 5.82 Å². The van der Waals surface area contributed by atoms with E-state index in [0.717, 1.165) is 5.56 Å². The monoisotopic (exact) mass is 254 g/mol. The Kier molecular flexibility index (Phi) is 5.58. The second kappa shape index (κ2) is 6.96. The van der Waals surface area contributed by atoms with E-state index in [0.29, 0.717) is 25.2 Å². The maximum absolute atomic E-state index is 13.1. The van der Waals surface area contributed by atoms with Crippen LogP contribution in [0.5, 0.6) is 5.75 Å². The number of nitrogens with one attached hydrogen (secondary N) is 1. The van der Waals surface area contributed by atoms with Gasteiger partial charge in [0.1, 0.15) is 11.6 Å². The molecule has 0 heterocycles. The number of carbonyl (C=O) groups excluding carboxylic acids is 1. The topological polar surface area (TPSA) is 64.3 Å². The third-order valence-electron chi connectivity index (χ3n) is 2.55. The Labute approximate surface area is 106 Å². The van der Waals surface area contributed by atoms with Crippen LogP contribution in [0.1, 0.15) is 31.4 Å². The van der Waals surface area contributed by atoms with Crippen molar-refractivity contribution in [2.75, 3.05) is 13.7 Å². The fraction of sp³-hybridized carbons (Fsp3) is 0.462. The lowest BCUT2D eigenvalue weighted by Gasteiger charge is -2.13. The predicted octanol–water partition coefficient (Wildman–Crippen LogP) is 1.75. The molecule has 0 saturated heterocycles. The second-order valence-electron chi connectivity index (χ2n) is 4.10. The van der Waals surface area contributed by atoms with Gasteiger partial charge >= 0.3 is 0 Å². The van der Waals surface area contributed by atoms with Crippen molar-refractivity contribution < 1.29 is 13.9 Å². The molecule has 1 rings (SSSR count). The van der Waals surface area contributed by atoms with E-state index >= 15 is 0 Å². The molecule has 5 heteroatoms. The van der Waals surface area contributed by atoms with Crippen LogP contribution in [0.3, 0.4) is 0 Å². The Morgan fingerprint density at radius 1 is 1.56 bits per heavy atom. The van der Waals surface area contributed by atoms with Crippen molar-refractivity contribution >= 4 is 5.91 Å². The van der Waals surface area contributed by atoms with Crippen LogP contribution in [0.25, 0.3) is 0 Å². The van der Waals surface area contributed by atoms with Crippen molar-refractivity contribution in [3.8, 4) is 5.75 Å². The highest BCUT2D eigenvalue weighted by Gasteiger charge is 2.09. The molecule has 1 amide bonds. The summed E-state index contributed by atoms with van der Waals surface area (Å²) in [5.41, 5.74) is 6.53. The predicted molar refractivity (Wildman–Crippen MR) is 67.8 cm³/mol. The highest BCUT2D eigenvalue weighted by atomic mass is 19.1. The van der Waals surface area contributed by atoms with Crippen LogP contribution >= 0.6 is 0 Å². The highest BCUT2D eigenvalue weighted by Crippen LogP contribution is 2.24. The molecule has 0 aromatic heterocycles. The SMILES string of the molecule is CNC(=O)CCCOc1cc(F)ccc1C(C)N. The number of carbonyl (C=O) groups is 1. The molecule has 18 heavy (non-hydrogen) atoms. The number of rotatable bonds is 6. The summed E-state index contributed by atoms with van der Waals surface area (Å²) < 4.78 is 18.6. The van der Waals surface area contributed by atoms with E-state index in [4.69, 9.17) is 10.5 Å². The first-order valence-electron chi connectivity index (χ1n) is 5.93. The molecule has 0 saturated carbocycles. The largest absolute Gasteiger partial charge is 0.493 e. The van der Waals surface area contributed by atoms with Gasteiger partial charge in [-0.25, -0.2) is 4.39 Å². The maximum atomic E-state index is 13.1. The van der Waals surface area contributed by atoms with Gasteiger partial charge in [0.2, 0.25) is 5.91 Å². The van der Waals surface area contributed by atoms with E-state index in [1.807, 2.05) is 6.92 Å². The van der Waals surface area contributed by atoms with Crippen molar-refractivity contribution in [1.82, 2.24) is 5.32 Å². The number of nitrogens with two attached hydrogens (primary N) is 1. The maximum Gasteiger partial charge on any atom is 0.219 e. The smallest absolute Gasteiger partial charge is 0.219 e. The zero-order valence-electron chi connectivity index (χ0n) is 10.7.